The van der Waals surface area contributed by atoms with Gasteiger partial charge in [-0.2, -0.15) is 0 Å². The van der Waals surface area contributed by atoms with Gasteiger partial charge in [-0.15, -0.1) is 0 Å². The summed E-state index contributed by atoms with van der Waals surface area (Å²) in [4.78, 5) is 32.9. The number of pyridine rings is 1. The number of amides is 2. The molecule has 1 fully saturated rings. The average molecular weight is 388 g/mol. The first kappa shape index (κ1) is 20.4. The minimum absolute atomic E-state index is 0.0528. The van der Waals surface area contributed by atoms with Gasteiger partial charge in [0.15, 0.2) is 0 Å². The highest BCUT2D eigenvalue weighted by Gasteiger charge is 2.30. The molecule has 152 valence electrons. The Morgan fingerprint density at radius 1 is 1.25 bits per heavy atom. The lowest BCUT2D eigenvalue weighted by molar-refractivity contribution is -0.137. The fraction of sp³-hybridized carbons (Fsp3) is 0.550. The zero-order valence-corrected chi connectivity index (χ0v) is 16.2. The SMILES string of the molecule is CN1CCN(C(=O)C[C@H]2C=C[C@@H](NC(=O)Cc3ccccn3)[C@@H](CO)O2)CC1. The molecule has 2 amide bonds. The standard InChI is InChI=1S/C20H28N4O4/c1-23-8-10-24(11-9-23)20(27)13-16-5-6-17(18(14-25)28-16)22-19(26)12-15-4-2-3-7-21-15/h2-7,16-18,25H,8-14H2,1H3,(H,22,26)/t16-,17-,18-/m1/s1. The molecule has 3 atom stereocenters. The van der Waals surface area contributed by atoms with E-state index in [2.05, 4.69) is 15.2 Å². The van der Waals surface area contributed by atoms with Crippen LogP contribution in [-0.2, 0) is 20.7 Å². The van der Waals surface area contributed by atoms with Gasteiger partial charge in [0.1, 0.15) is 6.10 Å². The molecule has 2 aliphatic heterocycles. The Morgan fingerprint density at radius 2 is 2.04 bits per heavy atom. The number of nitrogens with zero attached hydrogens (tertiary/aromatic N) is 3. The van der Waals surface area contributed by atoms with Crippen LogP contribution in [0, 0.1) is 0 Å². The van der Waals surface area contributed by atoms with Gasteiger partial charge in [-0.05, 0) is 19.2 Å². The largest absolute Gasteiger partial charge is 0.394 e. The first-order chi connectivity index (χ1) is 13.5. The van der Waals surface area contributed by atoms with Crippen LogP contribution in [0.25, 0.3) is 0 Å². The number of hydrogen-bond acceptors (Lipinski definition) is 6. The number of nitrogens with one attached hydrogen (secondary N) is 1. The van der Waals surface area contributed by atoms with E-state index in [4.69, 9.17) is 4.74 Å². The number of aliphatic hydroxyl groups is 1. The van der Waals surface area contributed by atoms with E-state index < -0.39 is 18.2 Å². The van der Waals surface area contributed by atoms with Crippen molar-refractivity contribution >= 4 is 11.8 Å². The van der Waals surface area contributed by atoms with E-state index in [0.717, 1.165) is 26.2 Å². The number of rotatable bonds is 6. The van der Waals surface area contributed by atoms with Crippen molar-refractivity contribution in [2.45, 2.75) is 31.1 Å². The van der Waals surface area contributed by atoms with E-state index in [-0.39, 0.29) is 31.3 Å². The molecule has 3 rings (SSSR count). The Labute approximate surface area is 165 Å². The van der Waals surface area contributed by atoms with E-state index in [1.54, 1.807) is 24.4 Å². The van der Waals surface area contributed by atoms with Crippen LogP contribution in [0.1, 0.15) is 12.1 Å². The third-order valence-corrected chi connectivity index (χ3v) is 5.09. The number of carbonyl (C=O) groups is 2. The minimum Gasteiger partial charge on any atom is -0.394 e. The van der Waals surface area contributed by atoms with Gasteiger partial charge in [-0.3, -0.25) is 14.6 Å². The fourth-order valence-electron chi connectivity index (χ4n) is 3.40. The van der Waals surface area contributed by atoms with Crippen molar-refractivity contribution in [3.05, 3.63) is 42.2 Å². The third-order valence-electron chi connectivity index (χ3n) is 5.09. The predicted octanol–water partition coefficient (Wildman–Crippen LogP) is -0.411. The van der Waals surface area contributed by atoms with E-state index in [9.17, 15) is 14.7 Å². The third kappa shape index (κ3) is 5.60. The Bertz CT molecular complexity index is 689. The van der Waals surface area contributed by atoms with E-state index >= 15 is 0 Å². The van der Waals surface area contributed by atoms with Gasteiger partial charge < -0.3 is 25.0 Å². The Kier molecular flexibility index (Phi) is 7.13. The molecule has 0 aromatic carbocycles. The lowest BCUT2D eigenvalue weighted by Crippen LogP contribution is -2.50. The minimum atomic E-state index is -0.581. The molecular formula is C20H28N4O4. The van der Waals surface area contributed by atoms with Gasteiger partial charge in [0, 0.05) is 38.1 Å². The number of ether oxygens (including phenoxy) is 1. The number of piperazine rings is 1. The van der Waals surface area contributed by atoms with Crippen molar-refractivity contribution in [2.24, 2.45) is 0 Å². The number of hydrogen-bond donors (Lipinski definition) is 2. The first-order valence-electron chi connectivity index (χ1n) is 9.65. The Morgan fingerprint density at radius 3 is 2.71 bits per heavy atom. The molecule has 1 aromatic heterocycles. The molecule has 1 aromatic rings. The zero-order chi connectivity index (χ0) is 19.9. The van der Waals surface area contributed by atoms with E-state index in [1.165, 1.54) is 0 Å². The summed E-state index contributed by atoms with van der Waals surface area (Å²) in [6.07, 6.45) is 4.68. The van der Waals surface area contributed by atoms with E-state index in [1.807, 2.05) is 24.1 Å². The van der Waals surface area contributed by atoms with Gasteiger partial charge in [-0.25, -0.2) is 0 Å². The quantitative estimate of drug-likeness (QED) is 0.644. The summed E-state index contributed by atoms with van der Waals surface area (Å²) in [5, 5.41) is 12.5. The molecule has 0 saturated carbocycles. The molecule has 0 bridgehead atoms. The molecule has 3 heterocycles. The molecule has 2 aliphatic rings. The van der Waals surface area contributed by atoms with Gasteiger partial charge in [-0.1, -0.05) is 18.2 Å². The second-order valence-electron chi connectivity index (χ2n) is 7.26. The molecule has 0 radical (unpaired) electrons. The lowest BCUT2D eigenvalue weighted by Gasteiger charge is -2.35. The first-order valence-corrected chi connectivity index (χ1v) is 9.65. The summed E-state index contributed by atoms with van der Waals surface area (Å²) in [5.74, 6) is -0.139. The van der Waals surface area contributed by atoms with Crippen molar-refractivity contribution in [2.75, 3.05) is 39.8 Å². The maximum atomic E-state index is 12.5. The highest BCUT2D eigenvalue weighted by molar-refractivity contribution is 5.79. The lowest BCUT2D eigenvalue weighted by atomic mass is 10.0. The van der Waals surface area contributed by atoms with Crippen molar-refractivity contribution in [3.63, 3.8) is 0 Å². The maximum absolute atomic E-state index is 12.5. The van der Waals surface area contributed by atoms with Crippen molar-refractivity contribution < 1.29 is 19.4 Å². The number of aromatic nitrogens is 1. The second kappa shape index (κ2) is 9.77. The van der Waals surface area contributed by atoms with Crippen LogP contribution in [0.4, 0.5) is 0 Å². The summed E-state index contributed by atoms with van der Waals surface area (Å²) < 4.78 is 5.86. The monoisotopic (exact) mass is 388 g/mol. The highest BCUT2D eigenvalue weighted by atomic mass is 16.5. The van der Waals surface area contributed by atoms with Crippen LogP contribution < -0.4 is 5.32 Å². The zero-order valence-electron chi connectivity index (χ0n) is 16.2. The topological polar surface area (TPSA) is 95.0 Å². The fourth-order valence-corrected chi connectivity index (χ4v) is 3.40. The molecule has 1 saturated heterocycles. The van der Waals surface area contributed by atoms with Gasteiger partial charge in [0.2, 0.25) is 11.8 Å². The van der Waals surface area contributed by atoms with Crippen molar-refractivity contribution in [3.8, 4) is 0 Å². The van der Waals surface area contributed by atoms with Gasteiger partial charge >= 0.3 is 0 Å². The van der Waals surface area contributed by atoms with Crippen molar-refractivity contribution in [1.29, 1.82) is 0 Å². The normalized spacial score (nSPS) is 25.5. The summed E-state index contributed by atoms with van der Waals surface area (Å²) >= 11 is 0. The molecule has 0 unspecified atom stereocenters. The smallest absolute Gasteiger partial charge is 0.226 e. The van der Waals surface area contributed by atoms with Crippen LogP contribution in [0.2, 0.25) is 0 Å². The summed E-state index contributed by atoms with van der Waals surface area (Å²) in [5.41, 5.74) is 0.678. The molecule has 8 nitrogen and oxygen atoms in total. The molecular weight excluding hydrogens is 360 g/mol. The Hall–Kier alpha value is -2.29. The van der Waals surface area contributed by atoms with E-state index in [0.29, 0.717) is 5.69 Å². The highest BCUT2D eigenvalue weighted by Crippen LogP contribution is 2.17. The van der Waals surface area contributed by atoms with Gasteiger partial charge in [0.05, 0.1) is 31.6 Å². The van der Waals surface area contributed by atoms with Crippen LogP contribution in [0.15, 0.2) is 36.5 Å². The number of carbonyl (C=O) groups excluding carboxylic acids is 2. The van der Waals surface area contributed by atoms with Gasteiger partial charge in [0.25, 0.3) is 0 Å². The number of aliphatic hydroxyl groups excluding tert-OH is 1. The average Bonchev–Trinajstić information content (AvgIpc) is 2.70. The van der Waals surface area contributed by atoms with Crippen LogP contribution in [0.3, 0.4) is 0 Å². The van der Waals surface area contributed by atoms with Crippen LogP contribution in [0.5, 0.6) is 0 Å². The Balaban J connectivity index is 1.51. The summed E-state index contributed by atoms with van der Waals surface area (Å²) in [6, 6.07) is 4.98. The molecule has 8 heteroatoms. The number of likely N-dealkylation sites (N-methyl/N-ethyl adjacent to an activating group) is 1. The molecule has 28 heavy (non-hydrogen) atoms. The molecule has 0 aliphatic carbocycles. The van der Waals surface area contributed by atoms with Crippen LogP contribution >= 0.6 is 0 Å². The molecule has 2 N–H and O–H groups in total. The predicted molar refractivity (Wildman–Crippen MR) is 103 cm³/mol. The summed E-state index contributed by atoms with van der Waals surface area (Å²) in [7, 11) is 2.04. The molecule has 0 spiro atoms. The van der Waals surface area contributed by atoms with Crippen molar-refractivity contribution in [1.82, 2.24) is 20.1 Å². The maximum Gasteiger partial charge on any atom is 0.226 e. The van der Waals surface area contributed by atoms with Crippen LogP contribution in [-0.4, -0.2) is 89.8 Å². The summed E-state index contributed by atoms with van der Waals surface area (Å²) in [6.45, 7) is 2.95. The second-order valence-corrected chi connectivity index (χ2v) is 7.26.